The summed E-state index contributed by atoms with van der Waals surface area (Å²) in [6.07, 6.45) is 5.12. The highest BCUT2D eigenvalue weighted by molar-refractivity contribution is 6.07. The van der Waals surface area contributed by atoms with Crippen LogP contribution in [0.3, 0.4) is 0 Å². The van der Waals surface area contributed by atoms with Crippen LogP contribution in [-0.2, 0) is 14.4 Å². The lowest BCUT2D eigenvalue weighted by Gasteiger charge is -2.16. The highest BCUT2D eigenvalue weighted by atomic mass is 16.2. The van der Waals surface area contributed by atoms with Gasteiger partial charge in [-0.1, -0.05) is 19.8 Å². The molecule has 1 heterocycles. The average Bonchev–Trinajstić information content (AvgIpc) is 2.38. The van der Waals surface area contributed by atoms with E-state index in [1.807, 2.05) is 0 Å². The molecule has 16 heavy (non-hydrogen) atoms. The summed E-state index contributed by atoms with van der Waals surface area (Å²) >= 11 is 0. The maximum Gasteiger partial charge on any atom is 0.240 e. The number of hydrogen-bond donors (Lipinski definition) is 1. The van der Waals surface area contributed by atoms with Crippen molar-refractivity contribution in [1.82, 2.24) is 10.2 Å². The van der Waals surface area contributed by atoms with Gasteiger partial charge in [-0.25, -0.2) is 0 Å². The minimum atomic E-state index is -0.705. The van der Waals surface area contributed by atoms with Gasteiger partial charge in [0.1, 0.15) is 6.54 Å². The minimum Gasteiger partial charge on any atom is -0.344 e. The summed E-state index contributed by atoms with van der Waals surface area (Å²) in [5, 5.41) is 2.41. The van der Waals surface area contributed by atoms with Gasteiger partial charge in [0.2, 0.25) is 17.7 Å². The first-order valence-corrected chi connectivity index (χ1v) is 4.93. The Hall–Kier alpha value is -1.83. The Kier molecular flexibility index (Phi) is 3.33. The number of carbonyl (C=O) groups is 3. The standard InChI is InChI=1S/C11H14N2O3/c1-4-5-12-8(14)7-13-9(15)6-11(2,3)10(13)16/h1H,5-7H2,2-3H3,(H,12,14). The molecule has 0 aliphatic carbocycles. The fourth-order valence-electron chi connectivity index (χ4n) is 1.54. The highest BCUT2D eigenvalue weighted by Gasteiger charge is 2.45. The molecule has 0 aromatic carbocycles. The second-order valence-corrected chi connectivity index (χ2v) is 4.33. The van der Waals surface area contributed by atoms with E-state index in [2.05, 4.69) is 11.2 Å². The Bertz CT molecular complexity index is 379. The predicted molar refractivity (Wildman–Crippen MR) is 57.0 cm³/mol. The molecule has 1 N–H and O–H groups in total. The van der Waals surface area contributed by atoms with Gasteiger partial charge in [0.25, 0.3) is 0 Å². The number of nitrogens with one attached hydrogen (secondary N) is 1. The van der Waals surface area contributed by atoms with E-state index in [1.165, 1.54) is 0 Å². The molecule has 1 saturated heterocycles. The number of carbonyl (C=O) groups excluding carboxylic acids is 3. The van der Waals surface area contributed by atoms with E-state index in [9.17, 15) is 14.4 Å². The highest BCUT2D eigenvalue weighted by Crippen LogP contribution is 2.31. The van der Waals surface area contributed by atoms with Crippen LogP contribution in [-0.4, -0.2) is 35.7 Å². The molecular formula is C11H14N2O3. The average molecular weight is 222 g/mol. The van der Waals surface area contributed by atoms with Crippen molar-refractivity contribution >= 4 is 17.7 Å². The van der Waals surface area contributed by atoms with Crippen molar-refractivity contribution in [3.8, 4) is 12.3 Å². The third kappa shape index (κ3) is 2.40. The van der Waals surface area contributed by atoms with Crippen LogP contribution < -0.4 is 5.32 Å². The zero-order chi connectivity index (χ0) is 12.3. The third-order valence-electron chi connectivity index (χ3n) is 2.41. The molecule has 0 spiro atoms. The van der Waals surface area contributed by atoms with Crippen molar-refractivity contribution in [2.75, 3.05) is 13.1 Å². The quantitative estimate of drug-likeness (QED) is 0.518. The van der Waals surface area contributed by atoms with Crippen LogP contribution in [0.2, 0.25) is 0 Å². The Labute approximate surface area is 94.2 Å². The molecular weight excluding hydrogens is 208 g/mol. The summed E-state index contributed by atoms with van der Waals surface area (Å²) in [5.41, 5.74) is -0.705. The normalized spacial score (nSPS) is 18.4. The van der Waals surface area contributed by atoms with Crippen LogP contribution in [0, 0.1) is 17.8 Å². The van der Waals surface area contributed by atoms with Gasteiger partial charge >= 0.3 is 0 Å². The molecule has 0 unspecified atom stereocenters. The molecule has 1 aliphatic heterocycles. The Morgan fingerprint density at radius 3 is 2.62 bits per heavy atom. The van der Waals surface area contributed by atoms with Crippen LogP contribution in [0.25, 0.3) is 0 Å². The number of terminal acetylenes is 1. The van der Waals surface area contributed by atoms with Crippen molar-refractivity contribution in [2.45, 2.75) is 20.3 Å². The molecule has 3 amide bonds. The van der Waals surface area contributed by atoms with E-state index in [0.717, 1.165) is 4.90 Å². The van der Waals surface area contributed by atoms with E-state index >= 15 is 0 Å². The van der Waals surface area contributed by atoms with Crippen molar-refractivity contribution in [1.29, 1.82) is 0 Å². The summed E-state index contributed by atoms with van der Waals surface area (Å²) in [7, 11) is 0. The van der Waals surface area contributed by atoms with Gasteiger partial charge in [0.05, 0.1) is 12.0 Å². The van der Waals surface area contributed by atoms with Crippen LogP contribution in [0.5, 0.6) is 0 Å². The molecule has 5 nitrogen and oxygen atoms in total. The molecule has 0 saturated carbocycles. The van der Waals surface area contributed by atoms with Crippen molar-refractivity contribution < 1.29 is 14.4 Å². The summed E-state index contributed by atoms with van der Waals surface area (Å²) in [4.78, 5) is 35.5. The number of hydrogen-bond acceptors (Lipinski definition) is 3. The van der Waals surface area contributed by atoms with Crippen LogP contribution in [0.4, 0.5) is 0 Å². The number of amides is 3. The summed E-state index contributed by atoms with van der Waals surface area (Å²) in [6.45, 7) is 3.22. The maximum atomic E-state index is 11.7. The lowest BCUT2D eigenvalue weighted by atomic mass is 9.92. The second kappa shape index (κ2) is 4.35. The van der Waals surface area contributed by atoms with Gasteiger partial charge in [-0.3, -0.25) is 19.3 Å². The van der Waals surface area contributed by atoms with Crippen LogP contribution in [0.15, 0.2) is 0 Å². The van der Waals surface area contributed by atoms with E-state index in [4.69, 9.17) is 6.42 Å². The second-order valence-electron chi connectivity index (χ2n) is 4.33. The Morgan fingerprint density at radius 1 is 1.56 bits per heavy atom. The number of nitrogens with zero attached hydrogens (tertiary/aromatic N) is 1. The van der Waals surface area contributed by atoms with E-state index in [0.29, 0.717) is 0 Å². The van der Waals surface area contributed by atoms with Gasteiger partial charge in [0, 0.05) is 6.42 Å². The zero-order valence-electron chi connectivity index (χ0n) is 9.37. The fourth-order valence-corrected chi connectivity index (χ4v) is 1.54. The lowest BCUT2D eigenvalue weighted by molar-refractivity contribution is -0.144. The minimum absolute atomic E-state index is 0.0957. The third-order valence-corrected chi connectivity index (χ3v) is 2.41. The number of imide groups is 1. The summed E-state index contributed by atoms with van der Waals surface area (Å²) in [5.74, 6) is 1.20. The molecule has 0 aromatic rings. The van der Waals surface area contributed by atoms with Gasteiger partial charge in [-0.2, -0.15) is 0 Å². The van der Waals surface area contributed by atoms with Crippen LogP contribution in [0.1, 0.15) is 20.3 Å². The molecule has 0 radical (unpaired) electrons. The van der Waals surface area contributed by atoms with E-state index in [-0.39, 0.29) is 31.3 Å². The number of likely N-dealkylation sites (tertiary alicyclic amines) is 1. The Morgan fingerprint density at radius 2 is 2.19 bits per heavy atom. The predicted octanol–water partition coefficient (Wildman–Crippen LogP) is -0.479. The van der Waals surface area contributed by atoms with Crippen molar-refractivity contribution in [2.24, 2.45) is 5.41 Å². The molecule has 1 aliphatic rings. The molecule has 0 bridgehead atoms. The first-order chi connectivity index (χ1) is 7.38. The smallest absolute Gasteiger partial charge is 0.240 e. The summed E-state index contributed by atoms with van der Waals surface area (Å²) in [6, 6.07) is 0. The SMILES string of the molecule is C#CCNC(=O)CN1C(=O)CC(C)(C)C1=O. The first-order valence-electron chi connectivity index (χ1n) is 4.93. The van der Waals surface area contributed by atoms with E-state index in [1.54, 1.807) is 13.8 Å². The molecule has 1 rings (SSSR count). The maximum absolute atomic E-state index is 11.7. The largest absolute Gasteiger partial charge is 0.344 e. The van der Waals surface area contributed by atoms with Crippen LogP contribution >= 0.6 is 0 Å². The molecule has 86 valence electrons. The zero-order valence-corrected chi connectivity index (χ0v) is 9.37. The van der Waals surface area contributed by atoms with E-state index < -0.39 is 11.3 Å². The molecule has 0 aromatic heterocycles. The van der Waals surface area contributed by atoms with Crippen molar-refractivity contribution in [3.05, 3.63) is 0 Å². The van der Waals surface area contributed by atoms with Gasteiger partial charge in [0.15, 0.2) is 0 Å². The number of rotatable bonds is 3. The monoisotopic (exact) mass is 222 g/mol. The van der Waals surface area contributed by atoms with Gasteiger partial charge in [-0.15, -0.1) is 6.42 Å². The first kappa shape index (κ1) is 12.2. The molecule has 5 heteroatoms. The van der Waals surface area contributed by atoms with Gasteiger partial charge in [-0.05, 0) is 0 Å². The summed E-state index contributed by atoms with van der Waals surface area (Å²) < 4.78 is 0. The fraction of sp³-hybridized carbons (Fsp3) is 0.545. The molecule has 0 atom stereocenters. The van der Waals surface area contributed by atoms with Gasteiger partial charge < -0.3 is 5.32 Å². The van der Waals surface area contributed by atoms with Crippen molar-refractivity contribution in [3.63, 3.8) is 0 Å². The Balaban J connectivity index is 2.62. The molecule has 1 fully saturated rings. The lowest BCUT2D eigenvalue weighted by Crippen LogP contribution is -2.41. The topological polar surface area (TPSA) is 66.5 Å².